The van der Waals surface area contributed by atoms with Crippen LogP contribution in [0.5, 0.6) is 0 Å². The van der Waals surface area contributed by atoms with Crippen molar-refractivity contribution >= 4 is 17.0 Å². The molecule has 4 rings (SSSR count). The second kappa shape index (κ2) is 6.56. The number of morpholine rings is 1. The largest absolute Gasteiger partial charge is 0.378 e. The molecule has 0 bridgehead atoms. The molecule has 1 saturated heterocycles. The highest BCUT2D eigenvalue weighted by Crippen LogP contribution is 2.28. The third-order valence-electron chi connectivity index (χ3n) is 4.33. The first-order valence-corrected chi connectivity index (χ1v) is 8.36. The van der Waals surface area contributed by atoms with E-state index in [0.29, 0.717) is 49.1 Å². The van der Waals surface area contributed by atoms with E-state index in [9.17, 15) is 8.78 Å². The Balaban J connectivity index is 1.91. The Morgan fingerprint density at radius 1 is 1.00 bits per heavy atom. The van der Waals surface area contributed by atoms with Crippen molar-refractivity contribution in [2.75, 3.05) is 31.2 Å². The number of ether oxygens (including phenoxy) is 1. The van der Waals surface area contributed by atoms with Crippen LogP contribution in [-0.4, -0.2) is 50.8 Å². The molecule has 1 aliphatic heterocycles. The molecule has 136 valence electrons. The van der Waals surface area contributed by atoms with Crippen LogP contribution in [0.25, 0.3) is 17.0 Å². The lowest BCUT2D eigenvalue weighted by molar-refractivity contribution is 0.122. The fraction of sp³-hybridized carbons (Fsp3) is 0.412. The van der Waals surface area contributed by atoms with Gasteiger partial charge in [-0.05, 0) is 25.5 Å². The number of alkyl halides is 2. The second-order valence-corrected chi connectivity index (χ2v) is 6.13. The van der Waals surface area contributed by atoms with Gasteiger partial charge in [-0.2, -0.15) is 15.0 Å². The van der Waals surface area contributed by atoms with Crippen molar-refractivity contribution < 1.29 is 13.5 Å². The Morgan fingerprint density at radius 3 is 2.46 bits per heavy atom. The maximum absolute atomic E-state index is 13.7. The van der Waals surface area contributed by atoms with Crippen LogP contribution in [-0.2, 0) is 4.74 Å². The smallest absolute Gasteiger partial charge is 0.296 e. The summed E-state index contributed by atoms with van der Waals surface area (Å²) in [6.45, 7) is 6.02. The van der Waals surface area contributed by atoms with Crippen molar-refractivity contribution in [2.45, 2.75) is 20.3 Å². The van der Waals surface area contributed by atoms with Crippen LogP contribution in [0.15, 0.2) is 18.2 Å². The molecule has 1 aliphatic rings. The first-order valence-electron chi connectivity index (χ1n) is 8.36. The minimum absolute atomic E-state index is 0.155. The number of nitrogens with zero attached hydrogens (tertiary/aromatic N) is 6. The van der Waals surface area contributed by atoms with E-state index in [1.165, 1.54) is 4.57 Å². The van der Waals surface area contributed by atoms with E-state index in [0.717, 1.165) is 5.56 Å². The highest BCUT2D eigenvalue weighted by molar-refractivity contribution is 5.81. The van der Waals surface area contributed by atoms with Gasteiger partial charge in [0.25, 0.3) is 6.43 Å². The predicted molar refractivity (Wildman–Crippen MR) is 91.9 cm³/mol. The molecule has 0 spiro atoms. The van der Waals surface area contributed by atoms with E-state index in [1.807, 2.05) is 24.0 Å². The highest BCUT2D eigenvalue weighted by atomic mass is 19.3. The van der Waals surface area contributed by atoms with Gasteiger partial charge in [0.15, 0.2) is 5.82 Å². The average Bonchev–Trinajstić information content (AvgIpc) is 3.03. The van der Waals surface area contributed by atoms with Gasteiger partial charge in [-0.3, -0.25) is 4.57 Å². The monoisotopic (exact) mass is 360 g/mol. The van der Waals surface area contributed by atoms with Gasteiger partial charge >= 0.3 is 0 Å². The van der Waals surface area contributed by atoms with Gasteiger partial charge in [0, 0.05) is 13.1 Å². The Labute approximate surface area is 148 Å². The maximum atomic E-state index is 13.7. The van der Waals surface area contributed by atoms with Crippen molar-refractivity contribution in [3.63, 3.8) is 0 Å². The zero-order valence-electron chi connectivity index (χ0n) is 14.5. The van der Waals surface area contributed by atoms with E-state index < -0.39 is 6.43 Å². The minimum Gasteiger partial charge on any atom is -0.378 e. The third-order valence-corrected chi connectivity index (χ3v) is 4.33. The highest BCUT2D eigenvalue weighted by Gasteiger charge is 2.24. The molecule has 0 aliphatic carbocycles. The number of fused-ring (bicyclic) bond motifs is 1. The lowest BCUT2D eigenvalue weighted by Crippen LogP contribution is -2.37. The summed E-state index contributed by atoms with van der Waals surface area (Å²) in [5.41, 5.74) is 1.90. The number of imidazole rings is 1. The lowest BCUT2D eigenvalue weighted by Gasteiger charge is -2.27. The number of benzene rings is 1. The number of aromatic nitrogens is 5. The van der Waals surface area contributed by atoms with Gasteiger partial charge in [0.1, 0.15) is 5.82 Å². The zero-order chi connectivity index (χ0) is 18.3. The number of hydrogen-bond acceptors (Lipinski definition) is 6. The standard InChI is InChI=1S/C17H18F2N6O/c1-10-4-3-5-12-13(10)22-15(14(18)19)25(12)17-21-11(2)20-16(23-17)24-6-8-26-9-7-24/h3-5,14H,6-9H2,1-2H3. The van der Waals surface area contributed by atoms with E-state index in [-0.39, 0.29) is 11.8 Å². The number of aryl methyl sites for hydroxylation is 2. The minimum atomic E-state index is -2.74. The summed E-state index contributed by atoms with van der Waals surface area (Å²) in [7, 11) is 0. The van der Waals surface area contributed by atoms with E-state index >= 15 is 0 Å². The Bertz CT molecular complexity index is 952. The molecule has 1 fully saturated rings. The molecule has 0 atom stereocenters. The summed E-state index contributed by atoms with van der Waals surface area (Å²) in [5.74, 6) is 0.715. The molecule has 3 heterocycles. The summed E-state index contributed by atoms with van der Waals surface area (Å²) in [6.07, 6.45) is -2.74. The number of rotatable bonds is 3. The van der Waals surface area contributed by atoms with Crippen molar-refractivity contribution in [1.29, 1.82) is 0 Å². The molecule has 3 aromatic rings. The molecule has 0 radical (unpaired) electrons. The van der Waals surface area contributed by atoms with Gasteiger partial charge < -0.3 is 9.64 Å². The SMILES string of the molecule is Cc1nc(N2CCOCC2)nc(-n2c(C(F)F)nc3c(C)cccc32)n1. The number of hydrogen-bond donors (Lipinski definition) is 0. The van der Waals surface area contributed by atoms with Crippen molar-refractivity contribution in [3.8, 4) is 5.95 Å². The molecule has 26 heavy (non-hydrogen) atoms. The molecule has 0 N–H and O–H groups in total. The summed E-state index contributed by atoms with van der Waals surface area (Å²) in [6, 6.07) is 5.39. The average molecular weight is 360 g/mol. The first kappa shape index (κ1) is 16.8. The number of halogens is 2. The van der Waals surface area contributed by atoms with Crippen LogP contribution >= 0.6 is 0 Å². The van der Waals surface area contributed by atoms with Crippen molar-refractivity contribution in [1.82, 2.24) is 24.5 Å². The zero-order valence-corrected chi connectivity index (χ0v) is 14.5. The summed E-state index contributed by atoms with van der Waals surface area (Å²) >= 11 is 0. The molecule has 7 nitrogen and oxygen atoms in total. The molecule has 1 aromatic carbocycles. The fourth-order valence-electron chi connectivity index (χ4n) is 3.07. The van der Waals surface area contributed by atoms with Gasteiger partial charge in [0.05, 0.1) is 24.2 Å². The van der Waals surface area contributed by atoms with Crippen LogP contribution in [0.3, 0.4) is 0 Å². The van der Waals surface area contributed by atoms with Gasteiger partial charge in [-0.1, -0.05) is 12.1 Å². The lowest BCUT2D eigenvalue weighted by atomic mass is 10.2. The Morgan fingerprint density at radius 2 is 1.73 bits per heavy atom. The molecular weight excluding hydrogens is 342 g/mol. The van der Waals surface area contributed by atoms with Crippen LogP contribution in [0.4, 0.5) is 14.7 Å². The number of para-hydroxylation sites is 1. The van der Waals surface area contributed by atoms with Crippen LogP contribution < -0.4 is 4.90 Å². The van der Waals surface area contributed by atoms with E-state index in [4.69, 9.17) is 4.74 Å². The topological polar surface area (TPSA) is 69.0 Å². The fourth-order valence-corrected chi connectivity index (χ4v) is 3.07. The van der Waals surface area contributed by atoms with Crippen molar-refractivity contribution in [3.05, 3.63) is 35.4 Å². The summed E-state index contributed by atoms with van der Waals surface area (Å²) < 4.78 is 34.0. The van der Waals surface area contributed by atoms with Gasteiger partial charge in [0.2, 0.25) is 11.9 Å². The number of anilines is 1. The van der Waals surface area contributed by atoms with Gasteiger partial charge in [-0.15, -0.1) is 0 Å². The molecule has 2 aromatic heterocycles. The normalized spacial score (nSPS) is 15.2. The van der Waals surface area contributed by atoms with E-state index in [2.05, 4.69) is 19.9 Å². The quantitative estimate of drug-likeness (QED) is 0.715. The molecule has 0 amide bonds. The van der Waals surface area contributed by atoms with E-state index in [1.54, 1.807) is 13.0 Å². The first-order chi connectivity index (χ1) is 12.5. The van der Waals surface area contributed by atoms with Gasteiger partial charge in [-0.25, -0.2) is 13.8 Å². The maximum Gasteiger partial charge on any atom is 0.296 e. The van der Waals surface area contributed by atoms with Crippen molar-refractivity contribution in [2.24, 2.45) is 0 Å². The molecule has 0 saturated carbocycles. The molecular formula is C17H18F2N6O. The van der Waals surface area contributed by atoms with Crippen LogP contribution in [0, 0.1) is 13.8 Å². The van der Waals surface area contributed by atoms with Crippen LogP contribution in [0.2, 0.25) is 0 Å². The second-order valence-electron chi connectivity index (χ2n) is 6.13. The summed E-state index contributed by atoms with van der Waals surface area (Å²) in [4.78, 5) is 19.2. The predicted octanol–water partition coefficient (Wildman–Crippen LogP) is 2.60. The molecule has 9 heteroatoms. The molecule has 0 unspecified atom stereocenters. The Hall–Kier alpha value is -2.68. The third kappa shape index (κ3) is 2.88. The Kier molecular flexibility index (Phi) is 4.23. The van der Waals surface area contributed by atoms with Crippen LogP contribution in [0.1, 0.15) is 23.6 Å². The summed E-state index contributed by atoms with van der Waals surface area (Å²) in [5, 5.41) is 0.